The van der Waals surface area contributed by atoms with E-state index in [0.717, 1.165) is 11.3 Å². The Kier molecular flexibility index (Phi) is 3.81. The zero-order chi connectivity index (χ0) is 15.5. The summed E-state index contributed by atoms with van der Waals surface area (Å²) < 4.78 is 13.0. The summed E-state index contributed by atoms with van der Waals surface area (Å²) >= 11 is 1.29. The van der Waals surface area contributed by atoms with Crippen molar-refractivity contribution >= 4 is 22.2 Å². The van der Waals surface area contributed by atoms with E-state index in [9.17, 15) is 9.65 Å². The Morgan fingerprint density at radius 1 is 1.23 bits per heavy atom. The van der Waals surface area contributed by atoms with Crippen LogP contribution >= 0.6 is 11.3 Å². The monoisotopic (exact) mass is 310 g/mol. The first-order chi connectivity index (χ1) is 10.7. The van der Waals surface area contributed by atoms with E-state index in [-0.39, 0.29) is 5.82 Å². The molecule has 4 nitrogen and oxygen atoms in total. The summed E-state index contributed by atoms with van der Waals surface area (Å²) in [6.07, 6.45) is 3.43. The van der Waals surface area contributed by atoms with Crippen molar-refractivity contribution in [3.05, 3.63) is 59.5 Å². The van der Waals surface area contributed by atoms with Gasteiger partial charge in [-0.25, -0.2) is 9.37 Å². The Bertz CT molecular complexity index is 822. The smallest absolute Gasteiger partial charge is 0.191 e. The third-order valence-electron chi connectivity index (χ3n) is 3.16. The number of nitriles is 1. The second-order valence-corrected chi connectivity index (χ2v) is 5.54. The molecule has 0 saturated carbocycles. The Hall–Kier alpha value is -2.78. The maximum absolute atomic E-state index is 13.0. The predicted octanol–water partition coefficient (Wildman–Crippen LogP) is 3.98. The fraction of sp³-hybridized carbons (Fsp3) is 0.0625. The highest BCUT2D eigenvalue weighted by Gasteiger charge is 2.16. The van der Waals surface area contributed by atoms with Crippen molar-refractivity contribution in [2.75, 3.05) is 11.9 Å². The number of rotatable bonds is 3. The summed E-state index contributed by atoms with van der Waals surface area (Å²) in [5.74, 6) is -0.315. The zero-order valence-corrected chi connectivity index (χ0v) is 12.5. The molecule has 3 aromatic rings. The SMILES string of the molecule is CN(c1cccnc1)c1nc(-c2ccc(F)cc2)c(C#N)s1. The molecule has 0 atom stereocenters. The molecule has 3 rings (SSSR count). The molecule has 1 aromatic carbocycles. The number of thiazole rings is 1. The molecule has 0 saturated heterocycles. The quantitative estimate of drug-likeness (QED) is 0.734. The minimum atomic E-state index is -0.315. The third kappa shape index (κ3) is 2.67. The first-order valence-corrected chi connectivity index (χ1v) is 7.31. The van der Waals surface area contributed by atoms with Crippen LogP contribution < -0.4 is 4.90 Å². The van der Waals surface area contributed by atoms with E-state index >= 15 is 0 Å². The highest BCUT2D eigenvalue weighted by molar-refractivity contribution is 7.16. The van der Waals surface area contributed by atoms with Gasteiger partial charge in [0.25, 0.3) is 0 Å². The van der Waals surface area contributed by atoms with Crippen molar-refractivity contribution in [3.8, 4) is 17.3 Å². The number of hydrogen-bond acceptors (Lipinski definition) is 5. The largest absolute Gasteiger partial charge is 0.319 e. The number of aromatic nitrogens is 2. The molecule has 0 amide bonds. The number of hydrogen-bond donors (Lipinski definition) is 0. The molecule has 0 aliphatic heterocycles. The maximum atomic E-state index is 13.0. The number of halogens is 1. The summed E-state index contributed by atoms with van der Waals surface area (Å²) in [5.41, 5.74) is 2.17. The van der Waals surface area contributed by atoms with Crippen molar-refractivity contribution in [2.45, 2.75) is 0 Å². The highest BCUT2D eigenvalue weighted by atomic mass is 32.1. The van der Waals surface area contributed by atoms with Crippen molar-refractivity contribution in [3.63, 3.8) is 0 Å². The van der Waals surface area contributed by atoms with Gasteiger partial charge >= 0.3 is 0 Å². The highest BCUT2D eigenvalue weighted by Crippen LogP contribution is 2.34. The summed E-state index contributed by atoms with van der Waals surface area (Å²) in [7, 11) is 1.87. The Balaban J connectivity index is 2.02. The Morgan fingerprint density at radius 2 is 2.00 bits per heavy atom. The molecule has 0 N–H and O–H groups in total. The van der Waals surface area contributed by atoms with Crippen LogP contribution in [0.25, 0.3) is 11.3 Å². The van der Waals surface area contributed by atoms with Gasteiger partial charge in [-0.2, -0.15) is 5.26 Å². The van der Waals surface area contributed by atoms with Gasteiger partial charge in [-0.15, -0.1) is 0 Å². The van der Waals surface area contributed by atoms with E-state index in [1.54, 1.807) is 24.5 Å². The van der Waals surface area contributed by atoms with Crippen LogP contribution in [0.1, 0.15) is 4.88 Å². The van der Waals surface area contributed by atoms with Crippen molar-refractivity contribution in [1.82, 2.24) is 9.97 Å². The molecule has 2 aromatic heterocycles. The van der Waals surface area contributed by atoms with Crippen LogP contribution in [0.15, 0.2) is 48.8 Å². The van der Waals surface area contributed by atoms with E-state index < -0.39 is 0 Å². The molecule has 0 unspecified atom stereocenters. The van der Waals surface area contributed by atoms with Crippen LogP contribution in [-0.2, 0) is 0 Å². The number of benzene rings is 1. The average molecular weight is 310 g/mol. The van der Waals surface area contributed by atoms with Gasteiger partial charge in [0, 0.05) is 18.8 Å². The topological polar surface area (TPSA) is 52.8 Å². The predicted molar refractivity (Wildman–Crippen MR) is 84.5 cm³/mol. The van der Waals surface area contributed by atoms with E-state index in [0.29, 0.717) is 15.7 Å². The van der Waals surface area contributed by atoms with Crippen LogP contribution in [0.5, 0.6) is 0 Å². The lowest BCUT2D eigenvalue weighted by Crippen LogP contribution is -2.08. The van der Waals surface area contributed by atoms with Gasteiger partial charge in [0.15, 0.2) is 5.13 Å². The summed E-state index contributed by atoms with van der Waals surface area (Å²) in [5, 5.41) is 10.00. The maximum Gasteiger partial charge on any atom is 0.191 e. The first kappa shape index (κ1) is 14.2. The van der Waals surface area contributed by atoms with Crippen molar-refractivity contribution < 1.29 is 4.39 Å². The number of nitrogens with zero attached hydrogens (tertiary/aromatic N) is 4. The fourth-order valence-electron chi connectivity index (χ4n) is 1.99. The lowest BCUT2D eigenvalue weighted by atomic mass is 10.1. The molecule has 0 bridgehead atoms. The second-order valence-electron chi connectivity index (χ2n) is 4.56. The molecular formula is C16H11FN4S. The number of anilines is 2. The van der Waals surface area contributed by atoms with Crippen LogP contribution in [0.3, 0.4) is 0 Å². The Labute approximate surface area is 131 Å². The molecule has 0 spiro atoms. The molecule has 0 aliphatic carbocycles. The third-order valence-corrected chi connectivity index (χ3v) is 4.19. The van der Waals surface area contributed by atoms with E-state index in [2.05, 4.69) is 16.0 Å². The van der Waals surface area contributed by atoms with Gasteiger partial charge < -0.3 is 4.90 Å². The van der Waals surface area contributed by atoms with E-state index in [4.69, 9.17) is 0 Å². The summed E-state index contributed by atoms with van der Waals surface area (Å²) in [4.78, 5) is 11.0. The molecule has 108 valence electrons. The molecule has 0 aliphatic rings. The van der Waals surface area contributed by atoms with Crippen LogP contribution in [0.4, 0.5) is 15.2 Å². The average Bonchev–Trinajstić information content (AvgIpc) is 3.00. The standard InChI is InChI=1S/C16H11FN4S/c1-21(13-3-2-8-19-10-13)16-20-15(14(9-18)22-16)11-4-6-12(17)7-5-11/h2-8,10H,1H3. The second kappa shape index (κ2) is 5.92. The summed E-state index contributed by atoms with van der Waals surface area (Å²) in [6, 6.07) is 11.9. The van der Waals surface area contributed by atoms with Crippen molar-refractivity contribution in [1.29, 1.82) is 5.26 Å². The van der Waals surface area contributed by atoms with Gasteiger partial charge in [-0.3, -0.25) is 4.98 Å². The van der Waals surface area contributed by atoms with Crippen LogP contribution in [0.2, 0.25) is 0 Å². The lowest BCUT2D eigenvalue weighted by Gasteiger charge is -2.14. The molecule has 22 heavy (non-hydrogen) atoms. The molecular weight excluding hydrogens is 299 g/mol. The van der Waals surface area contributed by atoms with Gasteiger partial charge in [-0.1, -0.05) is 11.3 Å². The molecule has 6 heteroatoms. The minimum Gasteiger partial charge on any atom is -0.319 e. The minimum absolute atomic E-state index is 0.315. The van der Waals surface area contributed by atoms with Gasteiger partial charge in [-0.05, 0) is 36.4 Å². The summed E-state index contributed by atoms with van der Waals surface area (Å²) in [6.45, 7) is 0. The van der Waals surface area contributed by atoms with Gasteiger partial charge in [0.1, 0.15) is 22.5 Å². The van der Waals surface area contributed by atoms with E-state index in [1.807, 2.05) is 24.1 Å². The zero-order valence-electron chi connectivity index (χ0n) is 11.7. The molecule has 0 fully saturated rings. The first-order valence-electron chi connectivity index (χ1n) is 6.49. The van der Waals surface area contributed by atoms with Crippen LogP contribution in [0, 0.1) is 17.1 Å². The molecule has 2 heterocycles. The Morgan fingerprint density at radius 3 is 2.64 bits per heavy atom. The van der Waals surface area contributed by atoms with Gasteiger partial charge in [0.05, 0.1) is 11.9 Å². The lowest BCUT2D eigenvalue weighted by molar-refractivity contribution is 0.628. The normalized spacial score (nSPS) is 10.2. The number of pyridine rings is 1. The van der Waals surface area contributed by atoms with Gasteiger partial charge in [0.2, 0.25) is 0 Å². The van der Waals surface area contributed by atoms with E-state index in [1.165, 1.54) is 23.5 Å². The fourth-order valence-corrected chi connectivity index (χ4v) is 2.86. The van der Waals surface area contributed by atoms with Crippen molar-refractivity contribution in [2.24, 2.45) is 0 Å². The molecule has 0 radical (unpaired) electrons. The van der Waals surface area contributed by atoms with Crippen LogP contribution in [-0.4, -0.2) is 17.0 Å².